The second kappa shape index (κ2) is 10.3. The van der Waals surface area contributed by atoms with Crippen LogP contribution in [0, 0.1) is 0 Å². The number of benzene rings is 2. The van der Waals surface area contributed by atoms with E-state index >= 15 is 0 Å². The highest BCUT2D eigenvalue weighted by molar-refractivity contribution is 7.80. The Hall–Kier alpha value is -3.10. The van der Waals surface area contributed by atoms with Crippen molar-refractivity contribution in [1.29, 1.82) is 0 Å². The fourth-order valence-electron chi connectivity index (χ4n) is 3.03. The lowest BCUT2D eigenvalue weighted by Crippen LogP contribution is -2.31. The summed E-state index contributed by atoms with van der Waals surface area (Å²) in [5.74, 6) is 0.886. The van der Waals surface area contributed by atoms with Crippen LogP contribution in [0.2, 0.25) is 0 Å². The van der Waals surface area contributed by atoms with Crippen LogP contribution in [-0.2, 0) is 4.74 Å². The molecule has 162 valence electrons. The van der Waals surface area contributed by atoms with Crippen molar-refractivity contribution in [3.8, 4) is 21.9 Å². The topological polar surface area (TPSA) is 68.8 Å². The lowest BCUT2D eigenvalue weighted by molar-refractivity contribution is 0.0602. The van der Waals surface area contributed by atoms with Crippen LogP contribution in [0.3, 0.4) is 0 Å². The molecule has 0 saturated heterocycles. The van der Waals surface area contributed by atoms with E-state index in [1.165, 1.54) is 18.4 Å². The van der Waals surface area contributed by atoms with Crippen molar-refractivity contribution < 1.29 is 19.0 Å². The predicted molar refractivity (Wildman–Crippen MR) is 128 cm³/mol. The second-order valence-corrected chi connectivity index (χ2v) is 8.11. The maximum absolute atomic E-state index is 12.3. The van der Waals surface area contributed by atoms with Crippen molar-refractivity contribution >= 4 is 39.6 Å². The highest BCUT2D eigenvalue weighted by atomic mass is 32.1. The van der Waals surface area contributed by atoms with E-state index in [1.807, 2.05) is 61.5 Å². The van der Waals surface area contributed by atoms with E-state index in [-0.39, 0.29) is 6.04 Å². The molecular formula is C23H24N2O4S2. The first-order chi connectivity index (χ1) is 15.0. The lowest BCUT2D eigenvalue weighted by Gasteiger charge is -2.18. The molecule has 3 rings (SSSR count). The molecule has 2 aromatic carbocycles. The third kappa shape index (κ3) is 5.34. The average molecular weight is 457 g/mol. The van der Waals surface area contributed by atoms with Gasteiger partial charge in [-0.2, -0.15) is 0 Å². The number of anilines is 1. The molecule has 0 aliphatic heterocycles. The number of ether oxygens (including phenoxy) is 3. The fraction of sp³-hybridized carbons (Fsp3) is 0.217. The summed E-state index contributed by atoms with van der Waals surface area (Å²) in [5, 5.41) is 7.42. The molecule has 1 unspecified atom stereocenters. The Kier molecular flexibility index (Phi) is 7.49. The Labute approximate surface area is 191 Å². The van der Waals surface area contributed by atoms with E-state index in [2.05, 4.69) is 10.6 Å². The summed E-state index contributed by atoms with van der Waals surface area (Å²) in [7, 11) is 4.56. The van der Waals surface area contributed by atoms with Crippen LogP contribution in [0.25, 0.3) is 10.4 Å². The van der Waals surface area contributed by atoms with Crippen molar-refractivity contribution in [3.63, 3.8) is 0 Å². The zero-order valence-corrected chi connectivity index (χ0v) is 19.4. The zero-order chi connectivity index (χ0) is 22.4. The van der Waals surface area contributed by atoms with Gasteiger partial charge in [0.25, 0.3) is 0 Å². The minimum absolute atomic E-state index is 0.102. The van der Waals surface area contributed by atoms with E-state index in [0.717, 1.165) is 16.0 Å². The van der Waals surface area contributed by atoms with Gasteiger partial charge in [-0.1, -0.05) is 36.4 Å². The molecule has 0 fully saturated rings. The van der Waals surface area contributed by atoms with E-state index in [9.17, 15) is 4.79 Å². The van der Waals surface area contributed by atoms with Crippen LogP contribution in [0.15, 0.2) is 54.6 Å². The van der Waals surface area contributed by atoms with E-state index in [4.69, 9.17) is 26.4 Å². The maximum Gasteiger partial charge on any atom is 0.340 e. The van der Waals surface area contributed by atoms with E-state index < -0.39 is 5.97 Å². The molecular weight excluding hydrogens is 432 g/mol. The minimum atomic E-state index is -0.420. The van der Waals surface area contributed by atoms with Gasteiger partial charge in [0, 0.05) is 4.88 Å². The van der Waals surface area contributed by atoms with Gasteiger partial charge in [0.05, 0.1) is 32.9 Å². The van der Waals surface area contributed by atoms with Gasteiger partial charge in [-0.3, -0.25) is 0 Å². The molecule has 2 N–H and O–H groups in total. The molecule has 6 nitrogen and oxygen atoms in total. The summed E-state index contributed by atoms with van der Waals surface area (Å²) in [5.41, 5.74) is 2.43. The minimum Gasteiger partial charge on any atom is -0.493 e. The number of hydrogen-bond donors (Lipinski definition) is 2. The van der Waals surface area contributed by atoms with E-state index in [1.54, 1.807) is 14.2 Å². The highest BCUT2D eigenvalue weighted by Crippen LogP contribution is 2.36. The van der Waals surface area contributed by atoms with Crippen molar-refractivity contribution in [2.24, 2.45) is 0 Å². The Balaban J connectivity index is 1.78. The normalized spacial score (nSPS) is 11.4. The number of nitrogens with one attached hydrogen (secondary N) is 2. The van der Waals surface area contributed by atoms with Gasteiger partial charge in [-0.25, -0.2) is 4.79 Å². The van der Waals surface area contributed by atoms with Crippen molar-refractivity contribution in [2.75, 3.05) is 26.6 Å². The molecule has 31 heavy (non-hydrogen) atoms. The van der Waals surface area contributed by atoms with Crippen LogP contribution in [-0.4, -0.2) is 32.4 Å². The summed E-state index contributed by atoms with van der Waals surface area (Å²) >= 11 is 6.95. The van der Waals surface area contributed by atoms with Crippen molar-refractivity contribution in [2.45, 2.75) is 13.0 Å². The quantitative estimate of drug-likeness (QED) is 0.371. The first-order valence-electron chi connectivity index (χ1n) is 9.53. The van der Waals surface area contributed by atoms with Gasteiger partial charge in [0.2, 0.25) is 0 Å². The molecule has 0 radical (unpaired) electrons. The number of carbonyl (C=O) groups excluding carboxylic acids is 1. The van der Waals surface area contributed by atoms with Crippen LogP contribution < -0.4 is 20.1 Å². The Morgan fingerprint density at radius 3 is 2.35 bits per heavy atom. The number of thiophene rings is 1. The molecule has 1 atom stereocenters. The third-order valence-corrected chi connectivity index (χ3v) is 6.00. The van der Waals surface area contributed by atoms with Gasteiger partial charge in [-0.15, -0.1) is 11.3 Å². The predicted octanol–water partition coefficient (Wildman–Crippen LogP) is 5.27. The molecule has 0 spiro atoms. The molecule has 0 saturated carbocycles. The molecule has 1 aromatic heterocycles. The molecule has 0 bridgehead atoms. The smallest absolute Gasteiger partial charge is 0.340 e. The van der Waals surface area contributed by atoms with Crippen molar-refractivity contribution in [1.82, 2.24) is 5.32 Å². The first-order valence-corrected chi connectivity index (χ1v) is 10.8. The van der Waals surface area contributed by atoms with Gasteiger partial charge in [0.15, 0.2) is 16.6 Å². The van der Waals surface area contributed by atoms with Gasteiger partial charge in [0.1, 0.15) is 5.00 Å². The fourth-order valence-corrected chi connectivity index (χ4v) is 4.43. The van der Waals surface area contributed by atoms with Crippen molar-refractivity contribution in [3.05, 3.63) is 65.7 Å². The number of rotatable bonds is 7. The Bertz CT molecular complexity index is 1070. The summed E-state index contributed by atoms with van der Waals surface area (Å²) in [4.78, 5) is 13.2. The summed E-state index contributed by atoms with van der Waals surface area (Å²) < 4.78 is 15.6. The maximum atomic E-state index is 12.3. The number of hydrogen-bond acceptors (Lipinski definition) is 6. The monoisotopic (exact) mass is 456 g/mol. The van der Waals surface area contributed by atoms with Crippen LogP contribution in [0.1, 0.15) is 28.9 Å². The summed E-state index contributed by atoms with van der Waals surface area (Å²) in [6, 6.07) is 17.3. The zero-order valence-electron chi connectivity index (χ0n) is 17.7. The summed E-state index contributed by atoms with van der Waals surface area (Å²) in [6.45, 7) is 1.99. The number of carbonyl (C=O) groups is 1. The standard InChI is InChI=1S/C23H24N2O4S2/c1-14(16-10-11-18(27-2)19(12-16)28-3)24-23(30)25-21-17(22(26)29-4)13-20(31-21)15-8-6-5-7-9-15/h5-14H,1-4H3,(H2,24,25,30). The Morgan fingerprint density at radius 2 is 1.71 bits per heavy atom. The number of esters is 1. The highest BCUT2D eigenvalue weighted by Gasteiger charge is 2.19. The molecule has 0 amide bonds. The molecule has 0 aliphatic carbocycles. The van der Waals surface area contributed by atoms with E-state index in [0.29, 0.717) is 27.2 Å². The largest absolute Gasteiger partial charge is 0.493 e. The van der Waals surface area contributed by atoms with Crippen LogP contribution in [0.4, 0.5) is 5.00 Å². The van der Waals surface area contributed by atoms with Gasteiger partial charge in [-0.05, 0) is 48.5 Å². The molecule has 0 aliphatic rings. The summed E-state index contributed by atoms with van der Waals surface area (Å²) in [6.07, 6.45) is 0. The lowest BCUT2D eigenvalue weighted by atomic mass is 10.1. The first kappa shape index (κ1) is 22.6. The molecule has 3 aromatic rings. The second-order valence-electron chi connectivity index (χ2n) is 6.65. The van der Waals surface area contributed by atoms with Gasteiger partial charge >= 0.3 is 5.97 Å². The SMILES string of the molecule is COC(=O)c1cc(-c2ccccc2)sc1NC(=S)NC(C)c1ccc(OC)c(OC)c1. The molecule has 1 heterocycles. The third-order valence-electron chi connectivity index (χ3n) is 4.68. The van der Waals surface area contributed by atoms with Gasteiger partial charge < -0.3 is 24.8 Å². The van der Waals surface area contributed by atoms with Crippen LogP contribution >= 0.6 is 23.6 Å². The number of methoxy groups -OCH3 is 3. The Morgan fingerprint density at radius 1 is 1.00 bits per heavy atom. The number of thiocarbonyl (C=S) groups is 1. The molecule has 8 heteroatoms. The van der Waals surface area contributed by atoms with Crippen LogP contribution in [0.5, 0.6) is 11.5 Å². The average Bonchev–Trinajstić information content (AvgIpc) is 3.22.